The molecule has 158 valence electrons. The SMILES string of the molecule is CCNC(=NCc1ccccc1OC(F)F)NCCc1noc(-c2ccccn2)n1. The van der Waals surface area contributed by atoms with Gasteiger partial charge in [-0.05, 0) is 25.1 Å². The van der Waals surface area contributed by atoms with E-state index in [0.717, 1.165) is 0 Å². The number of aliphatic imine (C=N–C) groups is 1. The number of hydrogen-bond acceptors (Lipinski definition) is 6. The second-order valence-corrected chi connectivity index (χ2v) is 6.09. The minimum absolute atomic E-state index is 0.112. The summed E-state index contributed by atoms with van der Waals surface area (Å²) in [5, 5.41) is 10.2. The summed E-state index contributed by atoms with van der Waals surface area (Å²) in [4.78, 5) is 12.9. The number of halogens is 2. The van der Waals surface area contributed by atoms with Gasteiger partial charge in [0, 0.05) is 31.3 Å². The van der Waals surface area contributed by atoms with E-state index in [2.05, 4.69) is 35.5 Å². The lowest BCUT2D eigenvalue weighted by molar-refractivity contribution is -0.0504. The zero-order valence-electron chi connectivity index (χ0n) is 16.4. The first-order chi connectivity index (χ1) is 14.7. The van der Waals surface area contributed by atoms with Crippen molar-refractivity contribution in [3.05, 3.63) is 60.0 Å². The Balaban J connectivity index is 1.57. The van der Waals surface area contributed by atoms with Gasteiger partial charge in [-0.3, -0.25) is 4.98 Å². The number of alkyl halides is 2. The maximum atomic E-state index is 12.6. The Morgan fingerprint density at radius 1 is 1.17 bits per heavy atom. The van der Waals surface area contributed by atoms with Crippen LogP contribution < -0.4 is 15.4 Å². The van der Waals surface area contributed by atoms with E-state index in [1.54, 1.807) is 30.5 Å². The molecule has 0 fully saturated rings. The number of aromatic nitrogens is 3. The maximum Gasteiger partial charge on any atom is 0.387 e. The van der Waals surface area contributed by atoms with Gasteiger partial charge in [0.2, 0.25) is 0 Å². The second-order valence-electron chi connectivity index (χ2n) is 6.09. The van der Waals surface area contributed by atoms with E-state index >= 15 is 0 Å². The van der Waals surface area contributed by atoms with E-state index in [9.17, 15) is 8.78 Å². The molecule has 3 aromatic rings. The zero-order valence-corrected chi connectivity index (χ0v) is 16.4. The van der Waals surface area contributed by atoms with E-state index in [4.69, 9.17) is 4.52 Å². The molecule has 0 aliphatic carbocycles. The van der Waals surface area contributed by atoms with Gasteiger partial charge in [0.25, 0.3) is 5.89 Å². The van der Waals surface area contributed by atoms with E-state index in [1.165, 1.54) is 6.07 Å². The summed E-state index contributed by atoms with van der Waals surface area (Å²) in [7, 11) is 0. The quantitative estimate of drug-likeness (QED) is 0.409. The molecule has 2 N–H and O–H groups in total. The summed E-state index contributed by atoms with van der Waals surface area (Å²) < 4.78 is 34.9. The van der Waals surface area contributed by atoms with Gasteiger partial charge >= 0.3 is 6.61 Å². The van der Waals surface area contributed by atoms with Gasteiger partial charge in [-0.25, -0.2) is 4.99 Å². The molecule has 0 saturated carbocycles. The number of ether oxygens (including phenoxy) is 1. The van der Waals surface area contributed by atoms with Gasteiger partial charge in [0.15, 0.2) is 11.8 Å². The molecule has 2 aromatic heterocycles. The second kappa shape index (κ2) is 10.8. The van der Waals surface area contributed by atoms with Crippen molar-refractivity contribution < 1.29 is 18.0 Å². The summed E-state index contributed by atoms with van der Waals surface area (Å²) in [6.07, 6.45) is 2.16. The average Bonchev–Trinajstić information content (AvgIpc) is 3.22. The van der Waals surface area contributed by atoms with Crippen LogP contribution in [0.25, 0.3) is 11.6 Å². The third-order valence-corrected chi connectivity index (χ3v) is 3.93. The fraction of sp³-hybridized carbons (Fsp3) is 0.300. The van der Waals surface area contributed by atoms with Crippen molar-refractivity contribution in [2.24, 2.45) is 4.99 Å². The number of guanidine groups is 1. The van der Waals surface area contributed by atoms with Gasteiger partial charge in [0.1, 0.15) is 11.4 Å². The van der Waals surface area contributed by atoms with Crippen LogP contribution >= 0.6 is 0 Å². The summed E-state index contributed by atoms with van der Waals surface area (Å²) in [6, 6.07) is 12.0. The van der Waals surface area contributed by atoms with E-state index in [0.29, 0.717) is 48.4 Å². The predicted octanol–water partition coefficient (Wildman–Crippen LogP) is 3.03. The number of pyridine rings is 1. The Labute approximate surface area is 172 Å². The lowest BCUT2D eigenvalue weighted by Crippen LogP contribution is -2.38. The highest BCUT2D eigenvalue weighted by atomic mass is 19.3. The molecule has 8 nitrogen and oxygen atoms in total. The zero-order chi connectivity index (χ0) is 21.2. The molecule has 0 radical (unpaired) electrons. The third-order valence-electron chi connectivity index (χ3n) is 3.93. The van der Waals surface area contributed by atoms with Crippen LogP contribution in [-0.2, 0) is 13.0 Å². The molecule has 0 amide bonds. The van der Waals surface area contributed by atoms with Crippen molar-refractivity contribution in [1.29, 1.82) is 0 Å². The lowest BCUT2D eigenvalue weighted by atomic mass is 10.2. The Bertz CT molecular complexity index is 949. The average molecular weight is 416 g/mol. The summed E-state index contributed by atoms with van der Waals surface area (Å²) in [5.41, 5.74) is 1.18. The Kier molecular flexibility index (Phi) is 7.64. The first-order valence-electron chi connectivity index (χ1n) is 9.44. The van der Waals surface area contributed by atoms with Crippen molar-refractivity contribution >= 4 is 5.96 Å². The number of hydrogen-bond donors (Lipinski definition) is 2. The van der Waals surface area contributed by atoms with Crippen LogP contribution in [0.4, 0.5) is 8.78 Å². The molecule has 10 heteroatoms. The van der Waals surface area contributed by atoms with Gasteiger partial charge in [0.05, 0.1) is 6.54 Å². The maximum absolute atomic E-state index is 12.6. The molecule has 1 aromatic carbocycles. The highest BCUT2D eigenvalue weighted by Crippen LogP contribution is 2.21. The molecular formula is C20H22F2N6O2. The minimum Gasteiger partial charge on any atom is -0.434 e. The van der Waals surface area contributed by atoms with Crippen molar-refractivity contribution in [3.63, 3.8) is 0 Å². The van der Waals surface area contributed by atoms with E-state index in [1.807, 2.05) is 19.1 Å². The number of nitrogens with zero attached hydrogens (tertiary/aromatic N) is 4. The van der Waals surface area contributed by atoms with Gasteiger partial charge in [-0.2, -0.15) is 13.8 Å². The van der Waals surface area contributed by atoms with Gasteiger partial charge in [-0.1, -0.05) is 29.4 Å². The first-order valence-corrected chi connectivity index (χ1v) is 9.44. The standard InChI is InChI=1S/C20H22F2N6O2/c1-2-23-20(26-13-14-7-3-4-9-16(14)29-19(21)22)25-12-10-17-27-18(30-28-17)15-8-5-6-11-24-15/h3-9,11,19H,2,10,12-13H2,1H3,(H2,23,25,26). The van der Waals surface area contributed by atoms with Crippen LogP contribution in [0.5, 0.6) is 5.75 Å². The highest BCUT2D eigenvalue weighted by molar-refractivity contribution is 5.79. The van der Waals surface area contributed by atoms with Crippen molar-refractivity contribution in [2.45, 2.75) is 26.5 Å². The van der Waals surface area contributed by atoms with Gasteiger partial charge < -0.3 is 19.9 Å². The Morgan fingerprint density at radius 2 is 2.00 bits per heavy atom. The Hall–Kier alpha value is -3.56. The molecule has 3 rings (SSSR count). The smallest absolute Gasteiger partial charge is 0.387 e. The van der Waals surface area contributed by atoms with Crippen molar-refractivity contribution in [2.75, 3.05) is 13.1 Å². The predicted molar refractivity (Wildman–Crippen MR) is 107 cm³/mol. The normalized spacial score (nSPS) is 11.5. The monoisotopic (exact) mass is 416 g/mol. The van der Waals surface area contributed by atoms with Crippen LogP contribution in [0.15, 0.2) is 58.2 Å². The molecule has 0 bridgehead atoms. The van der Waals surface area contributed by atoms with Crippen LogP contribution in [0.3, 0.4) is 0 Å². The molecule has 0 aliphatic heterocycles. The fourth-order valence-electron chi connectivity index (χ4n) is 2.59. The molecule has 0 aliphatic rings. The van der Waals surface area contributed by atoms with Gasteiger partial charge in [-0.15, -0.1) is 0 Å². The van der Waals surface area contributed by atoms with Crippen LogP contribution in [0, 0.1) is 0 Å². The van der Waals surface area contributed by atoms with E-state index in [-0.39, 0.29) is 12.3 Å². The summed E-state index contributed by atoms with van der Waals surface area (Å²) in [6.45, 7) is 0.385. The number of para-hydroxylation sites is 1. The Morgan fingerprint density at radius 3 is 2.77 bits per heavy atom. The fourth-order valence-corrected chi connectivity index (χ4v) is 2.59. The number of nitrogens with one attached hydrogen (secondary N) is 2. The number of rotatable bonds is 9. The molecule has 0 unspecified atom stereocenters. The summed E-state index contributed by atoms with van der Waals surface area (Å²) in [5.74, 6) is 1.55. The van der Waals surface area contributed by atoms with Crippen molar-refractivity contribution in [3.8, 4) is 17.3 Å². The molecule has 0 saturated heterocycles. The molecule has 0 atom stereocenters. The molecular weight excluding hydrogens is 394 g/mol. The van der Waals surface area contributed by atoms with E-state index < -0.39 is 6.61 Å². The molecule has 0 spiro atoms. The molecule has 2 heterocycles. The van der Waals surface area contributed by atoms with Crippen LogP contribution in [0.1, 0.15) is 18.3 Å². The first kappa shape index (κ1) is 21.2. The lowest BCUT2D eigenvalue weighted by Gasteiger charge is -2.12. The van der Waals surface area contributed by atoms with Crippen molar-refractivity contribution in [1.82, 2.24) is 25.8 Å². The number of benzene rings is 1. The highest BCUT2D eigenvalue weighted by Gasteiger charge is 2.11. The minimum atomic E-state index is -2.88. The molecule has 30 heavy (non-hydrogen) atoms. The largest absolute Gasteiger partial charge is 0.434 e. The topological polar surface area (TPSA) is 97.5 Å². The van der Waals surface area contributed by atoms with Crippen LogP contribution in [0.2, 0.25) is 0 Å². The summed E-state index contributed by atoms with van der Waals surface area (Å²) >= 11 is 0. The van der Waals surface area contributed by atoms with Crippen LogP contribution in [-0.4, -0.2) is 40.8 Å². The third kappa shape index (κ3) is 6.23.